The average Bonchev–Trinajstić information content (AvgIpc) is 3.55. The minimum absolute atomic E-state index is 0.0181. The molecule has 1 unspecified atom stereocenters. The van der Waals surface area contributed by atoms with Gasteiger partial charge >= 0.3 is 0 Å². The van der Waals surface area contributed by atoms with E-state index >= 15 is 0 Å². The molecule has 1 amide bonds. The van der Waals surface area contributed by atoms with Gasteiger partial charge in [0.1, 0.15) is 11.3 Å². The van der Waals surface area contributed by atoms with Gasteiger partial charge in [-0.05, 0) is 76.8 Å². The van der Waals surface area contributed by atoms with Gasteiger partial charge in [-0.1, -0.05) is 13.8 Å². The summed E-state index contributed by atoms with van der Waals surface area (Å²) in [6, 6.07) is 17.2. The molecule has 0 saturated carbocycles. The fourth-order valence-corrected chi connectivity index (χ4v) is 4.86. The zero-order chi connectivity index (χ0) is 25.4. The Bertz CT molecular complexity index is 1450. The number of amides is 1. The molecule has 1 aliphatic heterocycles. The Labute approximate surface area is 218 Å². The van der Waals surface area contributed by atoms with Gasteiger partial charge in [0.05, 0.1) is 17.7 Å². The Hall–Kier alpha value is -3.70. The molecule has 3 heterocycles. The predicted molar refractivity (Wildman–Crippen MR) is 143 cm³/mol. The third-order valence-corrected chi connectivity index (χ3v) is 7.18. The number of fused-ring (bicyclic) bond motifs is 1. The van der Waals surface area contributed by atoms with Gasteiger partial charge in [0.2, 0.25) is 5.89 Å². The van der Waals surface area contributed by atoms with Crippen molar-refractivity contribution in [1.82, 2.24) is 14.9 Å². The van der Waals surface area contributed by atoms with Crippen LogP contribution >= 0.6 is 15.9 Å². The second-order valence-electron chi connectivity index (χ2n) is 9.42. The van der Waals surface area contributed by atoms with Crippen molar-refractivity contribution in [1.29, 1.82) is 5.26 Å². The number of halogens is 1. The Morgan fingerprint density at radius 1 is 1.22 bits per heavy atom. The molecule has 1 fully saturated rings. The molecular weight excluding hydrogens is 518 g/mol. The Kier molecular flexibility index (Phi) is 6.50. The molecule has 0 N–H and O–H groups in total. The molecule has 1 saturated heterocycles. The van der Waals surface area contributed by atoms with Gasteiger partial charge in [-0.2, -0.15) is 5.26 Å². The third-order valence-electron chi connectivity index (χ3n) is 6.72. The summed E-state index contributed by atoms with van der Waals surface area (Å²) in [5, 5.41) is 9.36. The zero-order valence-electron chi connectivity index (χ0n) is 20.4. The number of oxazole rings is 1. The number of rotatable bonds is 5. The first-order valence-electron chi connectivity index (χ1n) is 11.9. The van der Waals surface area contributed by atoms with Crippen LogP contribution in [-0.2, 0) is 0 Å². The molecular formula is C28H26BrN5O2. The maximum absolute atomic E-state index is 13.2. The van der Waals surface area contributed by atoms with Crippen molar-refractivity contribution in [3.8, 4) is 17.5 Å². The molecule has 0 spiro atoms. The van der Waals surface area contributed by atoms with E-state index in [1.165, 1.54) is 0 Å². The van der Waals surface area contributed by atoms with Gasteiger partial charge in [-0.25, -0.2) is 9.97 Å². The van der Waals surface area contributed by atoms with Crippen LogP contribution in [0.5, 0.6) is 0 Å². The van der Waals surface area contributed by atoms with Gasteiger partial charge in [0, 0.05) is 47.5 Å². The molecule has 2 aromatic carbocycles. The first-order chi connectivity index (χ1) is 17.3. The van der Waals surface area contributed by atoms with E-state index in [2.05, 4.69) is 50.7 Å². The highest BCUT2D eigenvalue weighted by Gasteiger charge is 2.29. The summed E-state index contributed by atoms with van der Waals surface area (Å²) in [5.74, 6) is 1.58. The number of likely N-dealkylation sites (N-methyl/N-ethyl adjacent to an activating group) is 1. The van der Waals surface area contributed by atoms with Gasteiger partial charge in [-0.15, -0.1) is 0 Å². The Morgan fingerprint density at radius 3 is 2.67 bits per heavy atom. The van der Waals surface area contributed by atoms with E-state index in [1.54, 1.807) is 12.3 Å². The van der Waals surface area contributed by atoms with Crippen LogP contribution in [0.2, 0.25) is 0 Å². The lowest BCUT2D eigenvalue weighted by atomic mass is 10.00. The third kappa shape index (κ3) is 4.59. The smallest absolute Gasteiger partial charge is 0.253 e. The number of pyridine rings is 1. The highest BCUT2D eigenvalue weighted by Crippen LogP contribution is 2.32. The van der Waals surface area contributed by atoms with Crippen molar-refractivity contribution in [3.63, 3.8) is 0 Å². The number of anilines is 1. The fourth-order valence-electron chi connectivity index (χ4n) is 4.62. The summed E-state index contributed by atoms with van der Waals surface area (Å²) in [5.41, 5.74) is 4.29. The topological polar surface area (TPSA) is 86.3 Å². The van der Waals surface area contributed by atoms with Crippen molar-refractivity contribution in [3.05, 3.63) is 75.9 Å². The van der Waals surface area contributed by atoms with Crippen LogP contribution in [0.15, 0.2) is 63.6 Å². The molecule has 1 aliphatic rings. The number of carbonyl (C=O) groups excluding carboxylic acids is 1. The fraction of sp³-hybridized carbons (Fsp3) is 0.286. The van der Waals surface area contributed by atoms with Crippen LogP contribution in [-0.4, -0.2) is 47.0 Å². The number of nitrogens with zero attached hydrogens (tertiary/aromatic N) is 5. The Balaban J connectivity index is 1.32. The van der Waals surface area contributed by atoms with Crippen LogP contribution < -0.4 is 4.90 Å². The van der Waals surface area contributed by atoms with Crippen molar-refractivity contribution in [2.24, 2.45) is 0 Å². The van der Waals surface area contributed by atoms with Crippen molar-refractivity contribution in [2.75, 3.05) is 25.0 Å². The molecule has 5 rings (SSSR count). The summed E-state index contributed by atoms with van der Waals surface area (Å²) in [6.07, 6.45) is 2.69. The van der Waals surface area contributed by atoms with E-state index in [4.69, 9.17) is 4.42 Å². The van der Waals surface area contributed by atoms with E-state index in [0.29, 0.717) is 28.1 Å². The average molecular weight is 544 g/mol. The molecule has 0 bridgehead atoms. The van der Waals surface area contributed by atoms with Crippen molar-refractivity contribution in [2.45, 2.75) is 32.2 Å². The van der Waals surface area contributed by atoms with E-state index < -0.39 is 0 Å². The summed E-state index contributed by atoms with van der Waals surface area (Å²) < 4.78 is 7.05. The normalized spacial score (nSPS) is 15.4. The number of aromatic nitrogens is 2. The molecule has 7 nitrogen and oxygen atoms in total. The molecule has 36 heavy (non-hydrogen) atoms. The van der Waals surface area contributed by atoms with Crippen molar-refractivity contribution < 1.29 is 9.21 Å². The number of hydrogen-bond acceptors (Lipinski definition) is 6. The van der Waals surface area contributed by atoms with Gasteiger partial charge in [0.25, 0.3) is 5.91 Å². The zero-order valence-corrected chi connectivity index (χ0v) is 22.0. The molecule has 0 aliphatic carbocycles. The molecule has 182 valence electrons. The summed E-state index contributed by atoms with van der Waals surface area (Å²) in [6.45, 7) is 5.74. The predicted octanol–water partition coefficient (Wildman–Crippen LogP) is 6.00. The second-order valence-corrected chi connectivity index (χ2v) is 10.3. The van der Waals surface area contributed by atoms with Crippen LogP contribution in [0.3, 0.4) is 0 Å². The maximum atomic E-state index is 13.2. The number of carbonyl (C=O) groups is 1. The van der Waals surface area contributed by atoms with Crippen LogP contribution in [0.1, 0.15) is 47.7 Å². The standard InChI is InChI=1S/C28H26BrN5O2/c1-17(2)23-12-18(14-30)13-24-26(23)36-27(32-24)19-4-6-20(7-5-19)28(35)33(3)22-10-11-34(16-22)25-9-8-21(29)15-31-25/h4-9,12-13,15,17,22H,10-11,16H2,1-3H3. The monoisotopic (exact) mass is 543 g/mol. The quantitative estimate of drug-likeness (QED) is 0.307. The van der Waals surface area contributed by atoms with E-state index in [1.807, 2.05) is 54.4 Å². The second kappa shape index (κ2) is 9.75. The van der Waals surface area contributed by atoms with E-state index in [0.717, 1.165) is 40.9 Å². The minimum Gasteiger partial charge on any atom is -0.436 e. The molecule has 0 radical (unpaired) electrons. The lowest BCUT2D eigenvalue weighted by Crippen LogP contribution is -2.39. The summed E-state index contributed by atoms with van der Waals surface area (Å²) in [4.78, 5) is 26.4. The van der Waals surface area contributed by atoms with Crippen LogP contribution in [0.4, 0.5) is 5.82 Å². The SMILES string of the molecule is CC(C)c1cc(C#N)cc2nc(-c3ccc(C(=O)N(C)C4CCN(c5ccc(Br)cn5)C4)cc3)oc12. The van der Waals surface area contributed by atoms with E-state index in [9.17, 15) is 10.1 Å². The maximum Gasteiger partial charge on any atom is 0.253 e. The van der Waals surface area contributed by atoms with Crippen LogP contribution in [0.25, 0.3) is 22.6 Å². The molecule has 8 heteroatoms. The number of nitriles is 1. The first-order valence-corrected chi connectivity index (χ1v) is 12.7. The van der Waals surface area contributed by atoms with E-state index in [-0.39, 0.29) is 17.9 Å². The highest BCUT2D eigenvalue weighted by atomic mass is 79.9. The first kappa shape index (κ1) is 24.0. The molecule has 1 atom stereocenters. The van der Waals surface area contributed by atoms with Gasteiger partial charge < -0.3 is 14.2 Å². The van der Waals surface area contributed by atoms with Crippen molar-refractivity contribution >= 4 is 38.8 Å². The lowest BCUT2D eigenvalue weighted by molar-refractivity contribution is 0.0745. The number of benzene rings is 2. The largest absolute Gasteiger partial charge is 0.436 e. The molecule has 4 aromatic rings. The minimum atomic E-state index is -0.0181. The number of hydrogen-bond donors (Lipinski definition) is 0. The van der Waals surface area contributed by atoms with Crippen LogP contribution in [0, 0.1) is 11.3 Å². The summed E-state index contributed by atoms with van der Waals surface area (Å²) in [7, 11) is 1.86. The Morgan fingerprint density at radius 2 is 2.00 bits per heavy atom. The summed E-state index contributed by atoms with van der Waals surface area (Å²) >= 11 is 3.42. The van der Waals surface area contributed by atoms with Gasteiger partial charge in [0.15, 0.2) is 5.58 Å². The lowest BCUT2D eigenvalue weighted by Gasteiger charge is -2.25. The molecule has 2 aromatic heterocycles. The van der Waals surface area contributed by atoms with Gasteiger partial charge in [-0.3, -0.25) is 4.79 Å². The highest BCUT2D eigenvalue weighted by molar-refractivity contribution is 9.10.